The number of nitrogens with two attached hydrogens (primary N) is 2. The molecule has 23 heavy (non-hydrogen) atoms. The van der Waals surface area contributed by atoms with Crippen molar-refractivity contribution < 1.29 is 42.6 Å². The molecule has 0 amide bonds. The monoisotopic (exact) mass is 402 g/mol. The van der Waals surface area contributed by atoms with Crippen LogP contribution in [0.3, 0.4) is 0 Å². The largest absolute Gasteiger partial charge is 2.00 e. The van der Waals surface area contributed by atoms with E-state index in [1.807, 2.05) is 10.8 Å². The average Bonchev–Trinajstić information content (AvgIpc) is 2.98. The van der Waals surface area contributed by atoms with E-state index in [1.54, 1.807) is 0 Å². The van der Waals surface area contributed by atoms with Gasteiger partial charge in [0.1, 0.15) is 11.4 Å². The molecule has 126 valence electrons. The molecule has 2 aromatic heterocycles. The van der Waals surface area contributed by atoms with Gasteiger partial charge in [-0.05, 0) is 0 Å². The maximum atomic E-state index is 9.73. The Bertz CT molecular complexity index is 568. The molecule has 0 aliphatic carbocycles. The summed E-state index contributed by atoms with van der Waals surface area (Å²) in [6, 6.07) is 0. The van der Waals surface area contributed by atoms with E-state index in [0.29, 0.717) is 10.3 Å². The molecule has 0 saturated carbocycles. The van der Waals surface area contributed by atoms with Crippen molar-refractivity contribution in [2.45, 2.75) is 0 Å². The first-order chi connectivity index (χ1) is 9.88. The van der Waals surface area contributed by atoms with Gasteiger partial charge in [-0.15, -0.1) is 22.7 Å². The van der Waals surface area contributed by atoms with Gasteiger partial charge in [0.2, 0.25) is 0 Å². The van der Waals surface area contributed by atoms with Crippen LogP contribution in [0.15, 0.2) is 10.8 Å². The number of carboxylic acid groups (broad SMARTS) is 2. The van der Waals surface area contributed by atoms with Gasteiger partial charge in [-0.1, -0.05) is 0 Å². The number of hydrogen-bond donors (Lipinski definition) is 5. The molecule has 0 aliphatic rings. The van der Waals surface area contributed by atoms with Crippen molar-refractivity contribution in [1.29, 1.82) is 0 Å². The van der Waals surface area contributed by atoms with E-state index >= 15 is 0 Å². The van der Waals surface area contributed by atoms with Crippen molar-refractivity contribution in [3.8, 4) is 11.4 Å². The second-order valence-electron chi connectivity index (χ2n) is 3.53. The number of nitrogens with zero attached hydrogens (tertiary/aromatic N) is 2. The molecule has 0 aromatic carbocycles. The third-order valence-electron chi connectivity index (χ3n) is 1.86. The zero-order valence-electron chi connectivity index (χ0n) is 11.6. The van der Waals surface area contributed by atoms with Crippen LogP contribution >= 0.6 is 22.7 Å². The summed E-state index contributed by atoms with van der Waals surface area (Å²) >= 11 is 2.80. The van der Waals surface area contributed by atoms with Gasteiger partial charge in [-0.25, -0.2) is 9.97 Å². The molecule has 0 spiro atoms. The van der Waals surface area contributed by atoms with Crippen LogP contribution in [0.25, 0.3) is 11.4 Å². The Labute approximate surface area is 149 Å². The number of aliphatic carboxylic acids is 2. The van der Waals surface area contributed by atoms with Gasteiger partial charge in [0.25, 0.3) is 0 Å². The predicted molar refractivity (Wildman–Crippen MR) is 85.1 cm³/mol. The number of carbonyl (C=O) groups is 2. The van der Waals surface area contributed by atoms with Crippen LogP contribution in [0, 0.1) is 0 Å². The first kappa shape index (κ1) is 23.5. The molecular formula is C10H16CrN5O5S2+3. The molecule has 10 N–H and O–H groups in total. The summed E-state index contributed by atoms with van der Waals surface area (Å²) in [5.41, 5.74) is 12.5. The Morgan fingerprint density at radius 3 is 1.57 bits per heavy atom. The standard InChI is InChI=1S/C6H6N4S2.C4H7NO4.Cr.H2O/c7-5-9-3(1-11-5)4-2-12-6(8)10-4;6-3(7)1-5-2-4(8)9;;/h1-2H,(H2,7,9)(H2,8,10);5H,1-2H2,(H,6,7)(H,8,9);;1H2/q;;+2;/p+1. The molecule has 0 fully saturated rings. The van der Waals surface area contributed by atoms with Gasteiger partial charge < -0.3 is 27.2 Å². The quantitative estimate of drug-likeness (QED) is 0.399. The summed E-state index contributed by atoms with van der Waals surface area (Å²) in [4.78, 5) is 27.6. The Morgan fingerprint density at radius 1 is 1.00 bits per heavy atom. The zero-order valence-corrected chi connectivity index (χ0v) is 14.5. The maximum Gasteiger partial charge on any atom is 2.00 e. The fraction of sp³-hybridized carbons (Fsp3) is 0.200. The first-order valence-corrected chi connectivity index (χ1v) is 7.21. The van der Waals surface area contributed by atoms with Gasteiger partial charge in [0.05, 0.1) is 13.1 Å². The molecule has 2 aromatic rings. The molecule has 0 unspecified atom stereocenters. The van der Waals surface area contributed by atoms with Crippen LogP contribution in [-0.2, 0) is 32.4 Å². The molecule has 2 heterocycles. The SMILES string of the molecule is Nc1nc(-c2csc(N)n2)cs1.O=C(O)CNCC(=O)O.[Cr+2].[OH3+]. The summed E-state index contributed by atoms with van der Waals surface area (Å²) in [6.07, 6.45) is 0. The molecule has 0 radical (unpaired) electrons. The summed E-state index contributed by atoms with van der Waals surface area (Å²) in [5.74, 6) is -2.12. The number of hydrogen-bond acceptors (Lipinski definition) is 9. The minimum atomic E-state index is -1.06. The summed E-state index contributed by atoms with van der Waals surface area (Å²) < 4.78 is 0. The second-order valence-corrected chi connectivity index (χ2v) is 5.31. The van der Waals surface area contributed by atoms with Gasteiger partial charge in [0, 0.05) is 10.8 Å². The third-order valence-corrected chi connectivity index (χ3v) is 3.21. The Balaban J connectivity index is 0. The fourth-order valence-corrected chi connectivity index (χ4v) is 2.20. The number of aromatic nitrogens is 2. The molecule has 13 heteroatoms. The van der Waals surface area contributed by atoms with Crippen LogP contribution in [0.4, 0.5) is 10.3 Å². The van der Waals surface area contributed by atoms with Gasteiger partial charge in [-0.2, -0.15) is 0 Å². The van der Waals surface area contributed by atoms with E-state index in [-0.39, 0.29) is 35.9 Å². The van der Waals surface area contributed by atoms with Crippen LogP contribution in [0.5, 0.6) is 0 Å². The van der Waals surface area contributed by atoms with Gasteiger partial charge in [-0.3, -0.25) is 14.9 Å². The number of anilines is 2. The number of thiazole rings is 2. The second kappa shape index (κ2) is 11.8. The molecule has 0 bridgehead atoms. The van der Waals surface area contributed by atoms with Gasteiger partial charge in [0.15, 0.2) is 10.3 Å². The third kappa shape index (κ3) is 9.79. The Kier molecular flexibility index (Phi) is 12.0. The van der Waals surface area contributed by atoms with Gasteiger partial charge >= 0.3 is 29.3 Å². The number of nitrogen functional groups attached to an aromatic ring is 2. The van der Waals surface area contributed by atoms with Crippen LogP contribution in [-0.4, -0.2) is 45.2 Å². The van der Waals surface area contributed by atoms with Crippen molar-refractivity contribution in [3.63, 3.8) is 0 Å². The zero-order chi connectivity index (χ0) is 15.8. The predicted octanol–water partition coefficient (Wildman–Crippen LogP) is -0.748. The van der Waals surface area contributed by atoms with E-state index in [1.165, 1.54) is 22.7 Å². The average molecular weight is 402 g/mol. The maximum absolute atomic E-state index is 9.73. The summed E-state index contributed by atoms with van der Waals surface area (Å²) in [5, 5.41) is 23.0. The molecule has 10 nitrogen and oxygen atoms in total. The normalized spacial score (nSPS) is 8.87. The van der Waals surface area contributed by atoms with Crippen LogP contribution < -0.4 is 16.8 Å². The Hall–Kier alpha value is -1.75. The topological polar surface area (TPSA) is 197 Å². The number of carboxylic acids is 2. The number of rotatable bonds is 5. The number of nitrogens with one attached hydrogen (secondary N) is 1. The minimum absolute atomic E-state index is 0. The van der Waals surface area contributed by atoms with E-state index in [9.17, 15) is 9.59 Å². The molecule has 2 rings (SSSR count). The smallest absolute Gasteiger partial charge is 0.480 e. The van der Waals surface area contributed by atoms with Crippen molar-refractivity contribution >= 4 is 44.9 Å². The van der Waals surface area contributed by atoms with E-state index < -0.39 is 11.9 Å². The van der Waals surface area contributed by atoms with Crippen molar-refractivity contribution in [2.24, 2.45) is 0 Å². The molecule has 0 aliphatic heterocycles. The van der Waals surface area contributed by atoms with Crippen LogP contribution in [0.1, 0.15) is 0 Å². The van der Waals surface area contributed by atoms with Crippen molar-refractivity contribution in [2.75, 3.05) is 24.6 Å². The van der Waals surface area contributed by atoms with E-state index in [0.717, 1.165) is 11.4 Å². The molecular weight excluding hydrogens is 386 g/mol. The fourth-order valence-electron chi connectivity index (χ4n) is 1.09. The molecule has 0 saturated heterocycles. The molecule has 0 atom stereocenters. The van der Waals surface area contributed by atoms with E-state index in [2.05, 4.69) is 15.3 Å². The van der Waals surface area contributed by atoms with Crippen LogP contribution in [0.2, 0.25) is 0 Å². The summed E-state index contributed by atoms with van der Waals surface area (Å²) in [6.45, 7) is -0.626. The first-order valence-electron chi connectivity index (χ1n) is 5.45. The Morgan fingerprint density at radius 2 is 1.35 bits per heavy atom. The van der Waals surface area contributed by atoms with Crippen molar-refractivity contribution in [1.82, 2.24) is 15.3 Å². The van der Waals surface area contributed by atoms with E-state index in [4.69, 9.17) is 21.7 Å². The summed E-state index contributed by atoms with van der Waals surface area (Å²) in [7, 11) is 0. The minimum Gasteiger partial charge on any atom is -0.480 e. The van der Waals surface area contributed by atoms with Crippen molar-refractivity contribution in [3.05, 3.63) is 10.8 Å².